The van der Waals surface area contributed by atoms with Crippen molar-refractivity contribution in [3.8, 4) is 0 Å². The number of anilines is 1. The molecule has 0 fully saturated rings. The molecule has 2 aromatic heterocycles. The number of amides is 1. The van der Waals surface area contributed by atoms with Gasteiger partial charge < -0.3 is 4.74 Å². The van der Waals surface area contributed by atoms with Gasteiger partial charge in [0.15, 0.2) is 5.13 Å². The fourth-order valence-electron chi connectivity index (χ4n) is 1.41. The summed E-state index contributed by atoms with van der Waals surface area (Å²) in [7, 11) is 0. The molecule has 0 bridgehead atoms. The van der Waals surface area contributed by atoms with Crippen molar-refractivity contribution < 1.29 is 14.3 Å². The topological polar surface area (TPSA) is 99.0 Å². The van der Waals surface area contributed by atoms with Crippen LogP contribution in [-0.4, -0.2) is 37.6 Å². The highest BCUT2D eigenvalue weighted by atomic mass is 32.1. The molecule has 0 spiro atoms. The predicted octanol–water partition coefficient (Wildman–Crippen LogP) is 1.96. The van der Waals surface area contributed by atoms with E-state index in [0.717, 1.165) is 4.80 Å². The Bertz CT molecular complexity index is 630. The number of rotatable bonds is 3. The van der Waals surface area contributed by atoms with Gasteiger partial charge in [-0.15, -0.1) is 16.1 Å². The number of carbonyl (C=O) groups is 2. The van der Waals surface area contributed by atoms with Gasteiger partial charge in [0, 0.05) is 5.38 Å². The third-order valence-electron chi connectivity index (χ3n) is 2.13. The summed E-state index contributed by atoms with van der Waals surface area (Å²) in [6.07, 6.45) is 2.33. The lowest BCUT2D eigenvalue weighted by atomic mass is 10.2. The van der Waals surface area contributed by atoms with Gasteiger partial charge in [-0.05, 0) is 20.8 Å². The van der Waals surface area contributed by atoms with E-state index in [-0.39, 0.29) is 12.3 Å². The molecule has 2 aromatic rings. The van der Waals surface area contributed by atoms with Crippen molar-refractivity contribution in [2.45, 2.75) is 32.8 Å². The molecule has 0 aliphatic heterocycles. The van der Waals surface area contributed by atoms with Gasteiger partial charge in [-0.25, -0.2) is 9.78 Å². The van der Waals surface area contributed by atoms with Crippen LogP contribution in [0.4, 0.5) is 9.93 Å². The Labute approximate surface area is 125 Å². The van der Waals surface area contributed by atoms with Gasteiger partial charge in [0.1, 0.15) is 5.60 Å². The third kappa shape index (κ3) is 4.63. The Morgan fingerprint density at radius 2 is 2.00 bits per heavy atom. The molecule has 0 aromatic carbocycles. The van der Waals surface area contributed by atoms with E-state index in [0.29, 0.717) is 10.8 Å². The highest BCUT2D eigenvalue weighted by Gasteiger charge is 2.18. The quantitative estimate of drug-likeness (QED) is 0.930. The molecule has 9 heteroatoms. The normalized spacial score (nSPS) is 11.2. The average Bonchev–Trinajstić information content (AvgIpc) is 2.97. The van der Waals surface area contributed by atoms with Gasteiger partial charge in [0.2, 0.25) is 0 Å². The van der Waals surface area contributed by atoms with E-state index in [2.05, 4.69) is 20.5 Å². The summed E-state index contributed by atoms with van der Waals surface area (Å²) in [5.74, 6) is -0.297. The minimum absolute atomic E-state index is 0.0567. The van der Waals surface area contributed by atoms with Crippen LogP contribution in [0.5, 0.6) is 0 Å². The molecule has 0 saturated heterocycles. The Hall–Kier alpha value is -2.29. The Morgan fingerprint density at radius 3 is 2.62 bits per heavy atom. The molecule has 1 N–H and O–H groups in total. The average molecular weight is 309 g/mol. The summed E-state index contributed by atoms with van der Waals surface area (Å²) in [6.45, 7) is 5.32. The first-order valence-electron chi connectivity index (χ1n) is 6.17. The van der Waals surface area contributed by atoms with E-state index in [1.54, 1.807) is 26.2 Å². The number of nitrogens with one attached hydrogen (secondary N) is 1. The number of ether oxygens (including phenoxy) is 1. The number of aromatic nitrogens is 4. The SMILES string of the molecule is CC(C)(C)OC(=O)Nc1nc(CC(=O)n2nccn2)cs1. The summed E-state index contributed by atoms with van der Waals surface area (Å²) in [5.41, 5.74) is -0.0420. The van der Waals surface area contributed by atoms with Gasteiger partial charge in [0.25, 0.3) is 5.91 Å². The van der Waals surface area contributed by atoms with Gasteiger partial charge in [-0.3, -0.25) is 10.1 Å². The standard InChI is InChI=1S/C12H15N5O3S/c1-12(2,3)20-11(19)16-10-15-8(7-21-10)6-9(18)17-13-4-5-14-17/h4-5,7H,6H2,1-3H3,(H,15,16,19). The van der Waals surface area contributed by atoms with E-state index in [1.165, 1.54) is 23.7 Å². The number of thiazole rings is 1. The molecule has 8 nitrogen and oxygen atoms in total. The van der Waals surface area contributed by atoms with Gasteiger partial charge in [0.05, 0.1) is 24.5 Å². The maximum Gasteiger partial charge on any atom is 0.413 e. The van der Waals surface area contributed by atoms with Crippen molar-refractivity contribution in [2.75, 3.05) is 5.32 Å². The highest BCUT2D eigenvalue weighted by molar-refractivity contribution is 7.13. The Morgan fingerprint density at radius 1 is 1.33 bits per heavy atom. The van der Waals surface area contributed by atoms with Crippen LogP contribution in [0.1, 0.15) is 31.3 Å². The van der Waals surface area contributed by atoms with Crippen LogP contribution in [0, 0.1) is 0 Å². The molecule has 0 unspecified atom stereocenters. The second-order valence-electron chi connectivity index (χ2n) is 5.16. The molecule has 1 amide bonds. The lowest BCUT2D eigenvalue weighted by Gasteiger charge is -2.18. The second kappa shape index (κ2) is 6.00. The molecule has 0 atom stereocenters. The molecule has 112 valence electrons. The molecule has 0 radical (unpaired) electrons. The van der Waals surface area contributed by atoms with E-state index in [9.17, 15) is 9.59 Å². The molecular formula is C12H15N5O3S. The predicted molar refractivity (Wildman–Crippen MR) is 76.3 cm³/mol. The van der Waals surface area contributed by atoms with E-state index >= 15 is 0 Å². The van der Waals surface area contributed by atoms with Crippen molar-refractivity contribution in [1.29, 1.82) is 0 Å². The summed E-state index contributed by atoms with van der Waals surface area (Å²) in [5, 5.41) is 12.1. The van der Waals surface area contributed by atoms with Crippen molar-refractivity contribution >= 4 is 28.5 Å². The van der Waals surface area contributed by atoms with Crippen LogP contribution in [0.15, 0.2) is 17.8 Å². The van der Waals surface area contributed by atoms with Crippen LogP contribution in [0.2, 0.25) is 0 Å². The van der Waals surface area contributed by atoms with Gasteiger partial charge in [-0.1, -0.05) is 0 Å². The zero-order valence-electron chi connectivity index (χ0n) is 11.9. The second-order valence-corrected chi connectivity index (χ2v) is 6.02. The molecule has 0 aliphatic carbocycles. The van der Waals surface area contributed by atoms with Crippen molar-refractivity contribution in [3.05, 3.63) is 23.5 Å². The Kier molecular flexibility index (Phi) is 4.32. The minimum Gasteiger partial charge on any atom is -0.444 e. The molecule has 21 heavy (non-hydrogen) atoms. The third-order valence-corrected chi connectivity index (χ3v) is 2.94. The number of hydrogen-bond acceptors (Lipinski definition) is 7. The van der Waals surface area contributed by atoms with Crippen molar-refractivity contribution in [1.82, 2.24) is 20.0 Å². The van der Waals surface area contributed by atoms with Gasteiger partial charge in [-0.2, -0.15) is 10.2 Å². The molecule has 2 rings (SSSR count). The monoisotopic (exact) mass is 309 g/mol. The summed E-state index contributed by atoms with van der Waals surface area (Å²) in [6, 6.07) is 0. The molecular weight excluding hydrogens is 294 g/mol. The Balaban J connectivity index is 1.92. The van der Waals surface area contributed by atoms with Crippen LogP contribution < -0.4 is 5.32 Å². The zero-order chi connectivity index (χ0) is 15.5. The summed E-state index contributed by atoms with van der Waals surface area (Å²) in [4.78, 5) is 28.5. The van der Waals surface area contributed by atoms with Crippen LogP contribution in [0.3, 0.4) is 0 Å². The van der Waals surface area contributed by atoms with E-state index < -0.39 is 11.7 Å². The zero-order valence-corrected chi connectivity index (χ0v) is 12.7. The van der Waals surface area contributed by atoms with Crippen LogP contribution in [0.25, 0.3) is 0 Å². The number of nitrogens with zero attached hydrogens (tertiary/aromatic N) is 4. The highest BCUT2D eigenvalue weighted by Crippen LogP contribution is 2.17. The van der Waals surface area contributed by atoms with Crippen molar-refractivity contribution in [2.24, 2.45) is 0 Å². The maximum absolute atomic E-state index is 11.8. The lowest BCUT2D eigenvalue weighted by molar-refractivity contribution is 0.0635. The summed E-state index contributed by atoms with van der Waals surface area (Å²) >= 11 is 1.22. The molecule has 0 aliphatic rings. The summed E-state index contributed by atoms with van der Waals surface area (Å²) < 4.78 is 5.12. The maximum atomic E-state index is 11.8. The first-order valence-corrected chi connectivity index (χ1v) is 7.05. The molecule has 0 saturated carbocycles. The van der Waals surface area contributed by atoms with Gasteiger partial charge >= 0.3 is 6.09 Å². The molecule has 2 heterocycles. The lowest BCUT2D eigenvalue weighted by Crippen LogP contribution is -2.27. The fourth-order valence-corrected chi connectivity index (χ4v) is 2.10. The van der Waals surface area contributed by atoms with E-state index in [4.69, 9.17) is 4.74 Å². The van der Waals surface area contributed by atoms with Crippen molar-refractivity contribution in [3.63, 3.8) is 0 Å². The first-order chi connectivity index (χ1) is 9.83. The van der Waals surface area contributed by atoms with E-state index in [1.807, 2.05) is 0 Å². The number of carbonyl (C=O) groups excluding carboxylic acids is 2. The largest absolute Gasteiger partial charge is 0.444 e. The number of hydrogen-bond donors (Lipinski definition) is 1. The van der Waals surface area contributed by atoms with Crippen LogP contribution >= 0.6 is 11.3 Å². The fraction of sp³-hybridized carbons (Fsp3) is 0.417. The minimum atomic E-state index is -0.580. The smallest absolute Gasteiger partial charge is 0.413 e. The van der Waals surface area contributed by atoms with Crippen LogP contribution in [-0.2, 0) is 11.2 Å². The first kappa shape index (κ1) is 15.1.